The Labute approximate surface area is 102 Å². The van der Waals surface area contributed by atoms with E-state index in [-0.39, 0.29) is 10.9 Å². The lowest BCUT2D eigenvalue weighted by Crippen LogP contribution is -1.97. The van der Waals surface area contributed by atoms with Gasteiger partial charge in [0.25, 0.3) is 0 Å². The van der Waals surface area contributed by atoms with Crippen LogP contribution >= 0.6 is 23.2 Å². The Bertz CT molecular complexity index is 525. The molecule has 0 bridgehead atoms. The van der Waals surface area contributed by atoms with E-state index < -0.39 is 5.82 Å². The summed E-state index contributed by atoms with van der Waals surface area (Å²) in [5.74, 6) is 1.08. The van der Waals surface area contributed by atoms with Crippen molar-refractivity contribution in [2.75, 3.05) is 0 Å². The highest BCUT2D eigenvalue weighted by Gasteiger charge is 2.11. The monoisotopic (exact) mass is 259 g/mol. The van der Waals surface area contributed by atoms with Gasteiger partial charge >= 0.3 is 0 Å². The highest BCUT2D eigenvalue weighted by atomic mass is 35.5. The third-order valence-corrected chi connectivity index (χ3v) is 2.79. The second-order valence-corrected chi connectivity index (χ2v) is 3.94. The molecular weight excluding hydrogens is 252 g/mol. The van der Waals surface area contributed by atoms with Crippen LogP contribution in [0.3, 0.4) is 0 Å². The summed E-state index contributed by atoms with van der Waals surface area (Å²) in [4.78, 5) is 0. The van der Waals surface area contributed by atoms with E-state index in [2.05, 4.69) is 10.2 Å². The lowest BCUT2D eigenvalue weighted by molar-refractivity contribution is 0.628. The fourth-order valence-electron chi connectivity index (χ4n) is 1.36. The minimum Gasteiger partial charge on any atom is -0.313 e. The third kappa shape index (κ3) is 1.90. The van der Waals surface area contributed by atoms with Crippen molar-refractivity contribution in [1.29, 1.82) is 0 Å². The molecule has 0 spiro atoms. The van der Waals surface area contributed by atoms with Gasteiger partial charge in [0.15, 0.2) is 5.82 Å². The Morgan fingerprint density at radius 3 is 2.69 bits per heavy atom. The second-order valence-electron chi connectivity index (χ2n) is 3.26. The van der Waals surface area contributed by atoms with Gasteiger partial charge in [-0.05, 0) is 18.2 Å². The smallest absolute Gasteiger partial charge is 0.163 e. The molecule has 1 heterocycles. The summed E-state index contributed by atoms with van der Waals surface area (Å²) in [7, 11) is 1.80. The van der Waals surface area contributed by atoms with Gasteiger partial charge in [0.05, 0.1) is 10.9 Å². The fourth-order valence-corrected chi connectivity index (χ4v) is 1.78. The van der Waals surface area contributed by atoms with Crippen LogP contribution < -0.4 is 0 Å². The van der Waals surface area contributed by atoms with Crippen molar-refractivity contribution in [3.8, 4) is 11.4 Å². The maximum atomic E-state index is 13.0. The van der Waals surface area contributed by atoms with E-state index in [0.29, 0.717) is 17.2 Å². The molecule has 2 rings (SSSR count). The number of benzene rings is 1. The Morgan fingerprint density at radius 1 is 1.38 bits per heavy atom. The van der Waals surface area contributed by atoms with Crippen molar-refractivity contribution < 1.29 is 4.39 Å². The zero-order valence-electron chi connectivity index (χ0n) is 8.41. The zero-order chi connectivity index (χ0) is 11.7. The van der Waals surface area contributed by atoms with E-state index in [1.807, 2.05) is 0 Å². The summed E-state index contributed by atoms with van der Waals surface area (Å²) in [6.45, 7) is 0. The normalized spacial score (nSPS) is 10.8. The van der Waals surface area contributed by atoms with Crippen LogP contribution in [0.15, 0.2) is 18.2 Å². The van der Waals surface area contributed by atoms with Gasteiger partial charge in [0, 0.05) is 12.6 Å². The van der Waals surface area contributed by atoms with Gasteiger partial charge in [-0.1, -0.05) is 11.6 Å². The summed E-state index contributed by atoms with van der Waals surface area (Å²) in [5.41, 5.74) is 0.706. The van der Waals surface area contributed by atoms with Crippen LogP contribution in [0.2, 0.25) is 5.02 Å². The number of alkyl halides is 1. The summed E-state index contributed by atoms with van der Waals surface area (Å²) in [5, 5.41) is 7.94. The van der Waals surface area contributed by atoms with Crippen LogP contribution in [0, 0.1) is 5.82 Å². The van der Waals surface area contributed by atoms with Crippen molar-refractivity contribution in [2.45, 2.75) is 5.88 Å². The van der Waals surface area contributed by atoms with Gasteiger partial charge in [0.2, 0.25) is 0 Å². The van der Waals surface area contributed by atoms with E-state index >= 15 is 0 Å². The first-order valence-corrected chi connectivity index (χ1v) is 5.44. The summed E-state index contributed by atoms with van der Waals surface area (Å²) in [6, 6.07) is 4.41. The molecule has 0 saturated carbocycles. The van der Waals surface area contributed by atoms with Crippen LogP contribution in [0.25, 0.3) is 11.4 Å². The molecular formula is C10H8Cl2FN3. The molecule has 0 aliphatic rings. The van der Waals surface area contributed by atoms with Gasteiger partial charge in [-0.2, -0.15) is 0 Å². The molecule has 16 heavy (non-hydrogen) atoms. The average molecular weight is 260 g/mol. The van der Waals surface area contributed by atoms with E-state index in [1.54, 1.807) is 17.7 Å². The molecule has 6 heteroatoms. The van der Waals surface area contributed by atoms with E-state index in [4.69, 9.17) is 23.2 Å². The number of hydrogen-bond donors (Lipinski definition) is 0. The molecule has 0 aliphatic heterocycles. The highest BCUT2D eigenvalue weighted by Crippen LogP contribution is 2.23. The minimum atomic E-state index is -0.454. The van der Waals surface area contributed by atoms with Crippen molar-refractivity contribution >= 4 is 23.2 Å². The van der Waals surface area contributed by atoms with Gasteiger partial charge in [-0.25, -0.2) is 4.39 Å². The first-order valence-electron chi connectivity index (χ1n) is 4.53. The largest absolute Gasteiger partial charge is 0.313 e. The van der Waals surface area contributed by atoms with Crippen molar-refractivity contribution in [2.24, 2.45) is 7.05 Å². The van der Waals surface area contributed by atoms with Crippen molar-refractivity contribution in [3.63, 3.8) is 0 Å². The molecule has 2 aromatic rings. The number of hydrogen-bond acceptors (Lipinski definition) is 2. The van der Waals surface area contributed by atoms with E-state index in [9.17, 15) is 4.39 Å². The van der Waals surface area contributed by atoms with Crippen LogP contribution in [-0.4, -0.2) is 14.8 Å². The molecule has 0 amide bonds. The molecule has 84 valence electrons. The standard InChI is InChI=1S/C10H8Cl2FN3/c1-16-9(5-11)14-15-10(16)6-2-3-8(13)7(12)4-6/h2-4H,5H2,1H3. The van der Waals surface area contributed by atoms with Crippen LogP contribution in [-0.2, 0) is 12.9 Å². The van der Waals surface area contributed by atoms with Crippen LogP contribution in [0.1, 0.15) is 5.82 Å². The Morgan fingerprint density at radius 2 is 2.12 bits per heavy atom. The van der Waals surface area contributed by atoms with E-state index in [1.165, 1.54) is 12.1 Å². The Hall–Kier alpha value is -1.13. The maximum Gasteiger partial charge on any atom is 0.163 e. The molecule has 0 aliphatic carbocycles. The predicted octanol–water partition coefficient (Wildman–Crippen LogP) is 3.01. The molecule has 0 N–H and O–H groups in total. The first kappa shape index (κ1) is 11.4. The Kier molecular flexibility index (Phi) is 3.12. The molecule has 0 unspecified atom stereocenters. The van der Waals surface area contributed by atoms with Gasteiger partial charge in [-0.15, -0.1) is 21.8 Å². The molecule has 0 saturated heterocycles. The lowest BCUT2D eigenvalue weighted by Gasteiger charge is -2.03. The lowest BCUT2D eigenvalue weighted by atomic mass is 10.2. The molecule has 1 aromatic heterocycles. The molecule has 0 radical (unpaired) electrons. The van der Waals surface area contributed by atoms with Gasteiger partial charge in [0.1, 0.15) is 11.6 Å². The minimum absolute atomic E-state index is 0.0629. The zero-order valence-corrected chi connectivity index (χ0v) is 9.93. The molecule has 1 aromatic carbocycles. The van der Waals surface area contributed by atoms with Gasteiger partial charge < -0.3 is 4.57 Å². The third-order valence-electron chi connectivity index (χ3n) is 2.26. The molecule has 0 atom stereocenters. The van der Waals surface area contributed by atoms with Crippen molar-refractivity contribution in [1.82, 2.24) is 14.8 Å². The summed E-state index contributed by atoms with van der Waals surface area (Å²) < 4.78 is 14.7. The highest BCUT2D eigenvalue weighted by molar-refractivity contribution is 6.31. The average Bonchev–Trinajstić information content (AvgIpc) is 2.64. The predicted molar refractivity (Wildman–Crippen MR) is 61.0 cm³/mol. The van der Waals surface area contributed by atoms with Crippen LogP contribution in [0.5, 0.6) is 0 Å². The number of nitrogens with zero attached hydrogens (tertiary/aromatic N) is 3. The first-order chi connectivity index (χ1) is 7.63. The topological polar surface area (TPSA) is 30.7 Å². The fraction of sp³-hybridized carbons (Fsp3) is 0.200. The van der Waals surface area contributed by atoms with Crippen LogP contribution in [0.4, 0.5) is 4.39 Å². The number of rotatable bonds is 2. The second kappa shape index (κ2) is 4.39. The van der Waals surface area contributed by atoms with Crippen molar-refractivity contribution in [3.05, 3.63) is 34.9 Å². The summed E-state index contributed by atoms with van der Waals surface area (Å²) in [6.07, 6.45) is 0. The summed E-state index contributed by atoms with van der Waals surface area (Å²) >= 11 is 11.4. The maximum absolute atomic E-state index is 13.0. The number of aromatic nitrogens is 3. The van der Waals surface area contributed by atoms with Gasteiger partial charge in [-0.3, -0.25) is 0 Å². The number of halogens is 3. The molecule has 0 fully saturated rings. The van der Waals surface area contributed by atoms with E-state index in [0.717, 1.165) is 0 Å². The quantitative estimate of drug-likeness (QED) is 0.777. The molecule has 3 nitrogen and oxygen atoms in total. The SMILES string of the molecule is Cn1c(CCl)nnc1-c1ccc(F)c(Cl)c1. The Balaban J connectivity index is 2.50.